The summed E-state index contributed by atoms with van der Waals surface area (Å²) in [4.78, 5) is 16.0. The fourth-order valence-corrected chi connectivity index (χ4v) is 4.07. The van der Waals surface area contributed by atoms with Gasteiger partial charge in [0.1, 0.15) is 17.4 Å². The molecule has 0 bridgehead atoms. The molecule has 0 atom stereocenters. The molecule has 8 heteroatoms. The molecule has 0 unspecified atom stereocenters. The number of benzene rings is 3. The van der Waals surface area contributed by atoms with E-state index in [-0.39, 0.29) is 23.3 Å². The lowest BCUT2D eigenvalue weighted by atomic mass is 9.97. The average molecular weight is 529 g/mol. The van der Waals surface area contributed by atoms with Crippen molar-refractivity contribution in [1.29, 1.82) is 5.26 Å². The van der Waals surface area contributed by atoms with Gasteiger partial charge >= 0.3 is 5.97 Å². The minimum atomic E-state index is -0.552. The zero-order chi connectivity index (χ0) is 27.2. The van der Waals surface area contributed by atoms with Gasteiger partial charge in [0.05, 0.1) is 19.2 Å². The van der Waals surface area contributed by atoms with E-state index in [0.717, 1.165) is 22.3 Å². The Hall–Kier alpha value is -4.54. The van der Waals surface area contributed by atoms with E-state index in [9.17, 15) is 10.1 Å². The number of aliphatic imine (C=N–C) groups is 1. The fourth-order valence-electron chi connectivity index (χ4n) is 3.80. The monoisotopic (exact) mass is 528 g/mol. The fraction of sp³-hybridized carbons (Fsp3) is 0.167. The number of furan rings is 1. The van der Waals surface area contributed by atoms with E-state index in [1.165, 1.54) is 20.4 Å². The second-order valence-electron chi connectivity index (χ2n) is 8.49. The van der Waals surface area contributed by atoms with Crippen molar-refractivity contribution in [3.05, 3.63) is 87.9 Å². The minimum absolute atomic E-state index is 0.166. The van der Waals surface area contributed by atoms with Crippen molar-refractivity contribution in [3.63, 3.8) is 0 Å². The van der Waals surface area contributed by atoms with Crippen molar-refractivity contribution in [2.75, 3.05) is 20.8 Å². The summed E-state index contributed by atoms with van der Waals surface area (Å²) in [5.41, 5.74) is 5.47. The number of aryl methyl sites for hydroxylation is 2. The number of hydrogen-bond donors (Lipinski definition) is 0. The Bertz CT molecular complexity index is 1530. The van der Waals surface area contributed by atoms with Crippen molar-refractivity contribution in [1.82, 2.24) is 0 Å². The molecule has 0 saturated heterocycles. The summed E-state index contributed by atoms with van der Waals surface area (Å²) >= 11 is 6.40. The molecule has 0 N–H and O–H groups in total. The number of halogens is 1. The standard InChI is InChI=1S/C30H25ClN2O5/c1-18-5-9-21(10-6-18)27-23(15-32)30(38-28(27)22-11-7-19(2)8-12-22)33-16-20-13-24(31)29(25(14-20)35-3)37-17-26(34)36-4/h5-14,16H,17H2,1-4H3. The highest BCUT2D eigenvalue weighted by Crippen LogP contribution is 2.43. The molecule has 0 aliphatic heterocycles. The van der Waals surface area contributed by atoms with Crippen LogP contribution < -0.4 is 9.47 Å². The van der Waals surface area contributed by atoms with Gasteiger partial charge in [0.2, 0.25) is 5.88 Å². The molecule has 0 amide bonds. The van der Waals surface area contributed by atoms with Crippen molar-refractivity contribution in [3.8, 4) is 40.0 Å². The van der Waals surface area contributed by atoms with Gasteiger partial charge in [-0.15, -0.1) is 0 Å². The Morgan fingerprint density at radius 2 is 1.66 bits per heavy atom. The summed E-state index contributed by atoms with van der Waals surface area (Å²) in [6, 6.07) is 21.3. The van der Waals surface area contributed by atoms with E-state index in [0.29, 0.717) is 28.2 Å². The molecule has 1 aromatic heterocycles. The molecule has 0 radical (unpaired) electrons. The van der Waals surface area contributed by atoms with Crippen LogP contribution in [0.15, 0.2) is 70.1 Å². The van der Waals surface area contributed by atoms with E-state index in [1.807, 2.05) is 62.4 Å². The van der Waals surface area contributed by atoms with Gasteiger partial charge in [0.15, 0.2) is 18.1 Å². The number of methoxy groups -OCH3 is 2. The smallest absolute Gasteiger partial charge is 0.343 e. The number of esters is 1. The van der Waals surface area contributed by atoms with Crippen LogP contribution in [0.5, 0.6) is 11.5 Å². The van der Waals surface area contributed by atoms with Crippen LogP contribution in [0.4, 0.5) is 5.88 Å². The van der Waals surface area contributed by atoms with Crippen LogP contribution in [-0.2, 0) is 9.53 Å². The van der Waals surface area contributed by atoms with Gasteiger partial charge in [-0.25, -0.2) is 9.79 Å². The second-order valence-corrected chi connectivity index (χ2v) is 8.89. The first-order chi connectivity index (χ1) is 18.3. The van der Waals surface area contributed by atoms with E-state index in [2.05, 4.69) is 15.8 Å². The number of rotatable bonds is 8. The van der Waals surface area contributed by atoms with Crippen LogP contribution in [0.25, 0.3) is 22.5 Å². The third-order valence-electron chi connectivity index (χ3n) is 5.80. The molecule has 0 spiro atoms. The zero-order valence-electron chi connectivity index (χ0n) is 21.4. The maximum Gasteiger partial charge on any atom is 0.343 e. The Kier molecular flexibility index (Phi) is 8.15. The van der Waals surface area contributed by atoms with Crippen LogP contribution in [-0.4, -0.2) is 33.0 Å². The molecule has 1 heterocycles. The first-order valence-electron chi connectivity index (χ1n) is 11.7. The van der Waals surface area contributed by atoms with Crippen LogP contribution >= 0.6 is 11.6 Å². The van der Waals surface area contributed by atoms with E-state index >= 15 is 0 Å². The third-order valence-corrected chi connectivity index (χ3v) is 6.08. The number of nitrogens with zero attached hydrogens (tertiary/aromatic N) is 2. The highest BCUT2D eigenvalue weighted by atomic mass is 35.5. The SMILES string of the molecule is COC(=O)COc1c(Cl)cc(C=Nc2oc(-c3ccc(C)cc3)c(-c3ccc(C)cc3)c2C#N)cc1OC. The predicted molar refractivity (Wildman–Crippen MR) is 147 cm³/mol. The molecule has 0 aliphatic carbocycles. The Morgan fingerprint density at radius 1 is 1.03 bits per heavy atom. The number of carbonyl (C=O) groups is 1. The zero-order valence-corrected chi connectivity index (χ0v) is 22.1. The summed E-state index contributed by atoms with van der Waals surface area (Å²) < 4.78 is 21.6. The van der Waals surface area contributed by atoms with Crippen LogP contribution in [0.1, 0.15) is 22.3 Å². The summed E-state index contributed by atoms with van der Waals surface area (Å²) in [5.74, 6) is 0.683. The quantitative estimate of drug-likeness (QED) is 0.179. The average Bonchev–Trinajstić information content (AvgIpc) is 3.30. The molecule has 4 rings (SSSR count). The normalized spacial score (nSPS) is 10.8. The molecule has 38 heavy (non-hydrogen) atoms. The van der Waals surface area contributed by atoms with E-state index < -0.39 is 5.97 Å². The Balaban J connectivity index is 1.77. The highest BCUT2D eigenvalue weighted by molar-refractivity contribution is 6.32. The van der Waals surface area contributed by atoms with Crippen molar-refractivity contribution in [2.24, 2.45) is 4.99 Å². The topological polar surface area (TPSA) is 94.0 Å². The lowest BCUT2D eigenvalue weighted by Crippen LogP contribution is -2.13. The number of ether oxygens (including phenoxy) is 3. The lowest BCUT2D eigenvalue weighted by Gasteiger charge is -2.12. The summed E-state index contributed by atoms with van der Waals surface area (Å²) in [5, 5.41) is 10.3. The van der Waals surface area contributed by atoms with Gasteiger partial charge in [0, 0.05) is 17.3 Å². The predicted octanol–water partition coefficient (Wildman–Crippen LogP) is 7.07. The number of nitriles is 1. The van der Waals surface area contributed by atoms with Gasteiger partial charge in [-0.1, -0.05) is 71.3 Å². The maximum absolute atomic E-state index is 11.5. The molecule has 4 aromatic rings. The van der Waals surface area contributed by atoms with Gasteiger partial charge in [-0.05, 0) is 37.1 Å². The van der Waals surface area contributed by atoms with Crippen molar-refractivity contribution in [2.45, 2.75) is 13.8 Å². The van der Waals surface area contributed by atoms with Crippen LogP contribution in [0.2, 0.25) is 5.02 Å². The number of carbonyl (C=O) groups excluding carboxylic acids is 1. The van der Waals surface area contributed by atoms with E-state index in [4.69, 9.17) is 25.5 Å². The largest absolute Gasteiger partial charge is 0.493 e. The van der Waals surface area contributed by atoms with Gasteiger partial charge in [0.25, 0.3) is 0 Å². The molecule has 0 fully saturated rings. The molecule has 0 saturated carbocycles. The lowest BCUT2D eigenvalue weighted by molar-refractivity contribution is -0.142. The number of hydrogen-bond acceptors (Lipinski definition) is 7. The van der Waals surface area contributed by atoms with Gasteiger partial charge < -0.3 is 18.6 Å². The molecule has 7 nitrogen and oxygen atoms in total. The summed E-state index contributed by atoms with van der Waals surface area (Å²) in [6.45, 7) is 3.70. The highest BCUT2D eigenvalue weighted by Gasteiger charge is 2.23. The van der Waals surface area contributed by atoms with Crippen LogP contribution in [0.3, 0.4) is 0 Å². The maximum atomic E-state index is 11.5. The van der Waals surface area contributed by atoms with Gasteiger partial charge in [-0.2, -0.15) is 5.26 Å². The second kappa shape index (κ2) is 11.7. The third kappa shape index (κ3) is 5.72. The summed E-state index contributed by atoms with van der Waals surface area (Å²) in [6.07, 6.45) is 1.52. The van der Waals surface area contributed by atoms with Crippen molar-refractivity contribution >= 4 is 29.7 Å². The van der Waals surface area contributed by atoms with Crippen LogP contribution in [0, 0.1) is 25.2 Å². The first kappa shape index (κ1) is 26.5. The molecule has 0 aliphatic rings. The first-order valence-corrected chi connectivity index (χ1v) is 12.0. The molecule has 192 valence electrons. The summed E-state index contributed by atoms with van der Waals surface area (Å²) in [7, 11) is 2.72. The molecular weight excluding hydrogens is 504 g/mol. The van der Waals surface area contributed by atoms with E-state index in [1.54, 1.807) is 12.1 Å². The van der Waals surface area contributed by atoms with Crippen molar-refractivity contribution < 1.29 is 23.4 Å². The Labute approximate surface area is 225 Å². The van der Waals surface area contributed by atoms with Gasteiger partial charge in [-0.3, -0.25) is 0 Å². The molecular formula is C30H25ClN2O5. The minimum Gasteiger partial charge on any atom is -0.493 e. The molecule has 3 aromatic carbocycles. The Morgan fingerprint density at radius 3 is 2.24 bits per heavy atom.